The molecule has 1 aromatic rings. The molecule has 0 amide bonds. The van der Waals surface area contributed by atoms with E-state index in [9.17, 15) is 5.11 Å². The van der Waals surface area contributed by atoms with Gasteiger partial charge < -0.3 is 20.5 Å². The van der Waals surface area contributed by atoms with Crippen molar-refractivity contribution in [2.75, 3.05) is 26.7 Å². The molecule has 21 heavy (non-hydrogen) atoms. The van der Waals surface area contributed by atoms with Crippen LogP contribution in [0, 0.1) is 5.41 Å². The monoisotopic (exact) mass is 290 g/mol. The molecule has 1 fully saturated rings. The molecule has 4 nitrogen and oxygen atoms in total. The maximum atomic E-state index is 11.4. The highest BCUT2D eigenvalue weighted by molar-refractivity contribution is 5.37. The molecule has 2 heterocycles. The van der Waals surface area contributed by atoms with Gasteiger partial charge in [-0.2, -0.15) is 0 Å². The third kappa shape index (κ3) is 2.35. The second kappa shape index (κ2) is 5.27. The maximum absolute atomic E-state index is 11.4. The first kappa shape index (κ1) is 14.8. The Morgan fingerprint density at radius 2 is 2.19 bits per heavy atom. The number of rotatable bonds is 2. The fraction of sp³-hybridized carbons (Fsp3) is 0.647. The molecule has 0 saturated carbocycles. The number of para-hydroxylation sites is 1. The van der Waals surface area contributed by atoms with E-state index in [0.29, 0.717) is 19.2 Å². The number of nitrogens with zero attached hydrogens (tertiary/aromatic N) is 1. The van der Waals surface area contributed by atoms with Gasteiger partial charge >= 0.3 is 0 Å². The van der Waals surface area contributed by atoms with Crippen molar-refractivity contribution < 1.29 is 9.84 Å². The fourth-order valence-corrected chi connectivity index (χ4v) is 3.85. The van der Waals surface area contributed by atoms with E-state index in [1.165, 1.54) is 0 Å². The molecule has 1 saturated heterocycles. The molecule has 3 atom stereocenters. The Bertz CT molecular complexity index is 521. The fourth-order valence-electron chi connectivity index (χ4n) is 3.85. The van der Waals surface area contributed by atoms with Crippen LogP contribution in [-0.2, 0) is 6.42 Å². The van der Waals surface area contributed by atoms with Crippen LogP contribution in [0.2, 0.25) is 0 Å². The number of benzene rings is 1. The molecule has 2 aliphatic heterocycles. The summed E-state index contributed by atoms with van der Waals surface area (Å²) >= 11 is 0. The lowest BCUT2D eigenvalue weighted by Crippen LogP contribution is -2.63. The largest absolute Gasteiger partial charge is 0.493 e. The summed E-state index contributed by atoms with van der Waals surface area (Å²) in [6.07, 6.45) is 2.31. The second-order valence-electron chi connectivity index (χ2n) is 6.87. The van der Waals surface area contributed by atoms with E-state index in [1.807, 2.05) is 18.2 Å². The quantitative estimate of drug-likeness (QED) is 0.865. The van der Waals surface area contributed by atoms with Gasteiger partial charge in [-0.1, -0.05) is 18.2 Å². The molecule has 0 spiro atoms. The lowest BCUT2D eigenvalue weighted by atomic mass is 9.62. The van der Waals surface area contributed by atoms with E-state index in [1.54, 1.807) is 0 Å². The summed E-state index contributed by atoms with van der Waals surface area (Å²) in [5, 5.41) is 11.4. The van der Waals surface area contributed by atoms with Crippen molar-refractivity contribution in [2.45, 2.75) is 37.8 Å². The Morgan fingerprint density at radius 3 is 2.90 bits per heavy atom. The van der Waals surface area contributed by atoms with Crippen molar-refractivity contribution in [1.29, 1.82) is 0 Å². The molecular weight excluding hydrogens is 264 g/mol. The molecule has 0 aromatic heterocycles. The smallest absolute Gasteiger partial charge is 0.122 e. The Balaban J connectivity index is 1.91. The topological polar surface area (TPSA) is 58.7 Å². The van der Waals surface area contributed by atoms with Crippen LogP contribution >= 0.6 is 0 Å². The second-order valence-corrected chi connectivity index (χ2v) is 6.87. The molecule has 116 valence electrons. The van der Waals surface area contributed by atoms with Crippen LogP contribution in [0.4, 0.5) is 0 Å². The third-order valence-electron chi connectivity index (χ3n) is 5.65. The van der Waals surface area contributed by atoms with E-state index in [2.05, 4.69) is 24.9 Å². The highest BCUT2D eigenvalue weighted by Crippen LogP contribution is 2.46. The molecule has 0 radical (unpaired) electrons. The molecule has 3 rings (SSSR count). The van der Waals surface area contributed by atoms with Crippen LogP contribution in [-0.4, -0.2) is 48.4 Å². The van der Waals surface area contributed by atoms with Crippen LogP contribution in [0.25, 0.3) is 0 Å². The van der Waals surface area contributed by atoms with Gasteiger partial charge in [-0.25, -0.2) is 0 Å². The molecular formula is C17H26N2O2. The van der Waals surface area contributed by atoms with E-state index >= 15 is 0 Å². The van der Waals surface area contributed by atoms with Gasteiger partial charge in [0.2, 0.25) is 0 Å². The van der Waals surface area contributed by atoms with Crippen molar-refractivity contribution >= 4 is 0 Å². The average Bonchev–Trinajstić information content (AvgIpc) is 2.50. The van der Waals surface area contributed by atoms with Crippen LogP contribution in [0.1, 0.15) is 25.3 Å². The summed E-state index contributed by atoms with van der Waals surface area (Å²) in [4.78, 5) is 2.30. The third-order valence-corrected chi connectivity index (χ3v) is 5.65. The van der Waals surface area contributed by atoms with Gasteiger partial charge in [0.05, 0.1) is 12.2 Å². The van der Waals surface area contributed by atoms with E-state index in [4.69, 9.17) is 10.5 Å². The van der Waals surface area contributed by atoms with Gasteiger partial charge in [0.15, 0.2) is 0 Å². The predicted octanol–water partition coefficient (Wildman–Crippen LogP) is 1.41. The van der Waals surface area contributed by atoms with Gasteiger partial charge in [0.25, 0.3) is 0 Å². The minimum Gasteiger partial charge on any atom is -0.493 e. The summed E-state index contributed by atoms with van der Waals surface area (Å²) in [6, 6.07) is 8.46. The minimum absolute atomic E-state index is 0.365. The molecule has 4 heteroatoms. The van der Waals surface area contributed by atoms with Crippen LogP contribution in [0.15, 0.2) is 24.3 Å². The number of nitrogens with two attached hydrogens (primary N) is 1. The first-order valence-corrected chi connectivity index (χ1v) is 7.83. The number of ether oxygens (including phenoxy) is 1. The zero-order valence-corrected chi connectivity index (χ0v) is 13.0. The SMILES string of the molecule is CC1CC(O)(C2(CN)COc3ccccc3C2)CCN1C. The highest BCUT2D eigenvalue weighted by Gasteiger charge is 2.53. The molecule has 3 N–H and O–H groups in total. The Morgan fingerprint density at radius 1 is 1.43 bits per heavy atom. The van der Waals surface area contributed by atoms with Crippen LogP contribution < -0.4 is 10.5 Å². The van der Waals surface area contributed by atoms with Crippen molar-refractivity contribution in [1.82, 2.24) is 4.90 Å². The van der Waals surface area contributed by atoms with Crippen molar-refractivity contribution in [3.8, 4) is 5.75 Å². The normalized spacial score (nSPS) is 36.9. The Labute approximate surface area is 126 Å². The number of likely N-dealkylation sites (tertiary alicyclic amines) is 1. The standard InChI is InChI=1S/C17H26N2O2/c1-13-9-17(20,7-8-19(13)2)16(11-18)10-14-5-3-4-6-15(14)21-12-16/h3-6,13,20H,7-12,18H2,1-2H3. The molecule has 2 aliphatic rings. The van der Waals surface area contributed by atoms with Crippen LogP contribution in [0.5, 0.6) is 5.75 Å². The lowest BCUT2D eigenvalue weighted by Gasteiger charge is -2.53. The summed E-state index contributed by atoms with van der Waals surface area (Å²) < 4.78 is 5.96. The Hall–Kier alpha value is -1.10. The first-order valence-electron chi connectivity index (χ1n) is 7.83. The number of piperidine rings is 1. The molecule has 0 bridgehead atoms. The minimum atomic E-state index is -0.749. The molecule has 0 aliphatic carbocycles. The lowest BCUT2D eigenvalue weighted by molar-refractivity contribution is -0.145. The average molecular weight is 290 g/mol. The van der Waals surface area contributed by atoms with E-state index in [-0.39, 0.29) is 5.41 Å². The number of aliphatic hydroxyl groups is 1. The van der Waals surface area contributed by atoms with E-state index < -0.39 is 5.60 Å². The maximum Gasteiger partial charge on any atom is 0.122 e. The predicted molar refractivity (Wildman–Crippen MR) is 83.4 cm³/mol. The molecule has 3 unspecified atom stereocenters. The van der Waals surface area contributed by atoms with E-state index in [0.717, 1.165) is 37.1 Å². The first-order chi connectivity index (χ1) is 10.00. The van der Waals surface area contributed by atoms with Gasteiger partial charge in [-0.3, -0.25) is 0 Å². The summed E-state index contributed by atoms with van der Waals surface area (Å²) in [5.41, 5.74) is 6.17. The van der Waals surface area contributed by atoms with Gasteiger partial charge in [0, 0.05) is 24.5 Å². The van der Waals surface area contributed by atoms with Crippen molar-refractivity contribution in [3.63, 3.8) is 0 Å². The van der Waals surface area contributed by atoms with Gasteiger partial charge in [-0.15, -0.1) is 0 Å². The van der Waals surface area contributed by atoms with Crippen LogP contribution in [0.3, 0.4) is 0 Å². The zero-order chi connectivity index (χ0) is 15.1. The molecule has 1 aromatic carbocycles. The highest BCUT2D eigenvalue weighted by atomic mass is 16.5. The summed E-state index contributed by atoms with van der Waals surface area (Å²) in [7, 11) is 2.12. The number of hydrogen-bond acceptors (Lipinski definition) is 4. The number of hydrogen-bond donors (Lipinski definition) is 2. The Kier molecular flexibility index (Phi) is 3.72. The zero-order valence-electron chi connectivity index (χ0n) is 13.0. The van der Waals surface area contributed by atoms with Gasteiger partial charge in [-0.05, 0) is 44.9 Å². The summed E-state index contributed by atoms with van der Waals surface area (Å²) in [5.74, 6) is 0.936. The van der Waals surface area contributed by atoms with Crippen molar-refractivity contribution in [3.05, 3.63) is 29.8 Å². The van der Waals surface area contributed by atoms with Crippen molar-refractivity contribution in [2.24, 2.45) is 11.1 Å². The summed E-state index contributed by atoms with van der Waals surface area (Å²) in [6.45, 7) is 4.04. The van der Waals surface area contributed by atoms with Gasteiger partial charge in [0.1, 0.15) is 5.75 Å². The number of fused-ring (bicyclic) bond motifs is 1.